The minimum Gasteiger partial charge on any atom is -0.487 e. The van der Waals surface area contributed by atoms with E-state index in [1.165, 1.54) is 22.0 Å². The summed E-state index contributed by atoms with van der Waals surface area (Å²) in [5.74, 6) is -0.408. The molecule has 4 aromatic rings. The van der Waals surface area contributed by atoms with Gasteiger partial charge in [-0.1, -0.05) is 75.3 Å². The number of aromatic nitrogens is 1. The molecule has 3 aromatic carbocycles. The third-order valence-corrected chi connectivity index (χ3v) is 8.96. The van der Waals surface area contributed by atoms with E-state index in [2.05, 4.69) is 43.5 Å². The van der Waals surface area contributed by atoms with Crippen molar-refractivity contribution < 1.29 is 18.7 Å². The van der Waals surface area contributed by atoms with Gasteiger partial charge in [0.2, 0.25) is 0 Å². The second-order valence-electron chi connectivity index (χ2n) is 9.01. The van der Waals surface area contributed by atoms with Gasteiger partial charge in [-0.2, -0.15) is 0 Å². The van der Waals surface area contributed by atoms with Crippen molar-refractivity contribution in [2.24, 2.45) is 4.99 Å². The molecule has 1 aliphatic heterocycles. The van der Waals surface area contributed by atoms with Crippen LogP contribution in [0.25, 0.3) is 6.08 Å². The molecule has 2 heterocycles. The Labute approximate surface area is 266 Å². The van der Waals surface area contributed by atoms with Crippen molar-refractivity contribution in [2.75, 3.05) is 6.61 Å². The first-order valence-electron chi connectivity index (χ1n) is 12.5. The van der Waals surface area contributed by atoms with E-state index in [4.69, 9.17) is 21.1 Å². The first-order chi connectivity index (χ1) is 19.7. The van der Waals surface area contributed by atoms with Gasteiger partial charge in [0.25, 0.3) is 5.56 Å². The number of allylic oxidation sites excluding steroid dienone is 1. The van der Waals surface area contributed by atoms with Crippen molar-refractivity contribution in [2.45, 2.75) is 26.5 Å². The number of nitrogens with zero attached hydrogens (tertiary/aromatic N) is 2. The van der Waals surface area contributed by atoms with Gasteiger partial charge in [-0.05, 0) is 72.3 Å². The third kappa shape index (κ3) is 6.06. The number of carbonyl (C=O) groups is 1. The number of rotatable bonds is 7. The van der Waals surface area contributed by atoms with Crippen molar-refractivity contribution in [1.82, 2.24) is 4.57 Å². The van der Waals surface area contributed by atoms with E-state index >= 15 is 0 Å². The molecule has 0 aliphatic carbocycles. The topological polar surface area (TPSA) is 69.9 Å². The number of hydrogen-bond acceptors (Lipinski definition) is 6. The van der Waals surface area contributed by atoms with Gasteiger partial charge in [0.1, 0.15) is 24.2 Å². The molecule has 210 valence electrons. The van der Waals surface area contributed by atoms with Crippen LogP contribution in [-0.2, 0) is 16.1 Å². The Morgan fingerprint density at radius 2 is 1.95 bits per heavy atom. The van der Waals surface area contributed by atoms with Crippen LogP contribution in [0.2, 0.25) is 5.02 Å². The molecule has 1 aromatic heterocycles. The van der Waals surface area contributed by atoms with Gasteiger partial charge in [0, 0.05) is 20.6 Å². The highest BCUT2D eigenvalue weighted by Gasteiger charge is 2.34. The SMILES string of the molecule is CCOC(=O)C1=C(C)N=c2s/c(=C\c3cc(Br)cc(I)c3OCc3ccccc3F)c(=O)n2[C@@H]1c1ccccc1Cl. The van der Waals surface area contributed by atoms with Gasteiger partial charge in [-0.15, -0.1) is 0 Å². The average molecular weight is 768 g/mol. The molecule has 0 N–H and O–H groups in total. The molecule has 41 heavy (non-hydrogen) atoms. The Hall–Kier alpha value is -2.80. The van der Waals surface area contributed by atoms with E-state index in [0.717, 1.165) is 8.04 Å². The van der Waals surface area contributed by atoms with Gasteiger partial charge in [-0.25, -0.2) is 14.2 Å². The van der Waals surface area contributed by atoms with Crippen LogP contribution in [-0.4, -0.2) is 17.1 Å². The van der Waals surface area contributed by atoms with Crippen LogP contribution in [0.5, 0.6) is 5.75 Å². The quantitative estimate of drug-likeness (QED) is 0.158. The van der Waals surface area contributed by atoms with Crippen LogP contribution in [0.4, 0.5) is 4.39 Å². The molecule has 0 spiro atoms. The lowest BCUT2D eigenvalue weighted by Crippen LogP contribution is -2.40. The maximum absolute atomic E-state index is 14.3. The standard InChI is InChI=1S/C30H22BrClFIN2O4S/c1-3-39-29(38)25-16(2)35-30-36(26(25)20-9-5-6-10-21(20)32)28(37)24(41-30)13-18-12-19(31)14-23(34)27(18)40-15-17-8-4-7-11-22(17)33/h4-14,26H,3,15H2,1-2H3/b24-13-/t26-/m1/s1. The van der Waals surface area contributed by atoms with Crippen LogP contribution in [0.3, 0.4) is 0 Å². The highest BCUT2D eigenvalue weighted by molar-refractivity contribution is 14.1. The molecule has 0 saturated heterocycles. The highest BCUT2D eigenvalue weighted by Crippen LogP contribution is 2.35. The van der Waals surface area contributed by atoms with Crippen molar-refractivity contribution in [1.29, 1.82) is 0 Å². The zero-order valence-electron chi connectivity index (χ0n) is 21.8. The number of thiazole rings is 1. The number of ether oxygens (including phenoxy) is 2. The summed E-state index contributed by atoms with van der Waals surface area (Å²) in [6.45, 7) is 3.63. The normalized spacial score (nSPS) is 15.0. The Morgan fingerprint density at radius 1 is 1.22 bits per heavy atom. The van der Waals surface area contributed by atoms with E-state index < -0.39 is 12.0 Å². The molecule has 0 bridgehead atoms. The molecule has 0 fully saturated rings. The summed E-state index contributed by atoms with van der Waals surface area (Å²) in [4.78, 5) is 32.2. The molecule has 0 unspecified atom stereocenters. The van der Waals surface area contributed by atoms with Crippen LogP contribution < -0.4 is 19.6 Å². The lowest BCUT2D eigenvalue weighted by atomic mass is 9.96. The Kier molecular flexibility index (Phi) is 9.12. The van der Waals surface area contributed by atoms with Crippen LogP contribution in [0, 0.1) is 9.39 Å². The Bertz CT molecular complexity index is 1890. The highest BCUT2D eigenvalue weighted by atomic mass is 127. The fraction of sp³-hybridized carbons (Fsp3) is 0.167. The first-order valence-corrected chi connectivity index (χ1v) is 15.6. The summed E-state index contributed by atoms with van der Waals surface area (Å²) in [5.41, 5.74) is 1.99. The maximum atomic E-state index is 14.3. The predicted octanol–water partition coefficient (Wildman–Crippen LogP) is 6.54. The second kappa shape index (κ2) is 12.6. The third-order valence-electron chi connectivity index (χ3n) is 6.37. The number of fused-ring (bicyclic) bond motifs is 1. The fourth-order valence-corrected chi connectivity index (χ4v) is 7.51. The molecule has 0 amide bonds. The minimum absolute atomic E-state index is 0.0149. The molecular weight excluding hydrogens is 746 g/mol. The molecule has 11 heteroatoms. The average Bonchev–Trinajstić information content (AvgIpc) is 3.22. The second-order valence-corrected chi connectivity index (χ2v) is 12.5. The maximum Gasteiger partial charge on any atom is 0.338 e. The number of halogens is 4. The van der Waals surface area contributed by atoms with Crippen LogP contribution in [0.1, 0.15) is 36.6 Å². The summed E-state index contributed by atoms with van der Waals surface area (Å²) >= 11 is 13.5. The van der Waals surface area contributed by atoms with Gasteiger partial charge >= 0.3 is 5.97 Å². The molecule has 5 rings (SSSR count). The van der Waals surface area contributed by atoms with Crippen LogP contribution >= 0.6 is 61.5 Å². The zero-order valence-corrected chi connectivity index (χ0v) is 27.1. The van der Waals surface area contributed by atoms with Gasteiger partial charge in [-0.3, -0.25) is 9.36 Å². The van der Waals surface area contributed by atoms with Crippen molar-refractivity contribution in [3.8, 4) is 5.75 Å². The summed E-state index contributed by atoms with van der Waals surface area (Å²) in [7, 11) is 0. The van der Waals surface area contributed by atoms with Crippen molar-refractivity contribution >= 4 is 73.5 Å². The molecular formula is C30H22BrClFIN2O4S. The minimum atomic E-state index is -0.819. The lowest BCUT2D eigenvalue weighted by Gasteiger charge is -2.25. The first kappa shape index (κ1) is 29.7. The van der Waals surface area contributed by atoms with E-state index in [1.807, 2.05) is 12.1 Å². The number of benzene rings is 3. The monoisotopic (exact) mass is 766 g/mol. The van der Waals surface area contributed by atoms with E-state index in [1.54, 1.807) is 62.4 Å². The summed E-state index contributed by atoms with van der Waals surface area (Å²) in [6, 6.07) is 16.4. The molecule has 0 radical (unpaired) electrons. The fourth-order valence-electron chi connectivity index (χ4n) is 4.53. The van der Waals surface area contributed by atoms with Gasteiger partial charge < -0.3 is 9.47 Å². The largest absolute Gasteiger partial charge is 0.487 e. The molecule has 6 nitrogen and oxygen atoms in total. The van der Waals surface area contributed by atoms with Gasteiger partial charge in [0.15, 0.2) is 4.80 Å². The van der Waals surface area contributed by atoms with Crippen molar-refractivity contribution in [3.05, 3.63) is 127 Å². The van der Waals surface area contributed by atoms with Crippen molar-refractivity contribution in [3.63, 3.8) is 0 Å². The van der Waals surface area contributed by atoms with E-state index in [0.29, 0.717) is 42.5 Å². The summed E-state index contributed by atoms with van der Waals surface area (Å²) < 4.78 is 29.1. The van der Waals surface area contributed by atoms with E-state index in [9.17, 15) is 14.0 Å². The smallest absolute Gasteiger partial charge is 0.338 e. The van der Waals surface area contributed by atoms with E-state index in [-0.39, 0.29) is 30.2 Å². The summed E-state index contributed by atoms with van der Waals surface area (Å²) in [6.07, 6.45) is 1.72. The van der Waals surface area contributed by atoms with Crippen LogP contribution in [0.15, 0.2) is 86.2 Å². The number of esters is 1. The Morgan fingerprint density at radius 3 is 2.68 bits per heavy atom. The molecule has 1 aliphatic rings. The number of carbonyl (C=O) groups excluding carboxylic acids is 1. The number of hydrogen-bond donors (Lipinski definition) is 0. The summed E-state index contributed by atoms with van der Waals surface area (Å²) in [5, 5.41) is 0.411. The van der Waals surface area contributed by atoms with Gasteiger partial charge in [0.05, 0.1) is 26.0 Å². The Balaban J connectivity index is 1.67. The lowest BCUT2D eigenvalue weighted by molar-refractivity contribution is -0.139. The molecule has 0 saturated carbocycles. The molecule has 1 atom stereocenters. The zero-order chi connectivity index (χ0) is 29.3. The predicted molar refractivity (Wildman–Crippen MR) is 169 cm³/mol.